The van der Waals surface area contributed by atoms with Crippen LogP contribution < -0.4 is 5.32 Å². The maximum Gasteiger partial charge on any atom is 0.276 e. The van der Waals surface area contributed by atoms with E-state index in [1.54, 1.807) is 6.07 Å². The van der Waals surface area contributed by atoms with E-state index >= 15 is 0 Å². The highest BCUT2D eigenvalue weighted by atomic mass is 32.1. The molecule has 2 rings (SSSR count). The summed E-state index contributed by atoms with van der Waals surface area (Å²) < 4.78 is 0. The van der Waals surface area contributed by atoms with Crippen molar-refractivity contribution in [3.05, 3.63) is 39.5 Å². The number of pyridine rings is 1. The van der Waals surface area contributed by atoms with Crippen LogP contribution in [0.4, 0.5) is 5.82 Å². The first-order chi connectivity index (χ1) is 8.06. The van der Waals surface area contributed by atoms with Crippen molar-refractivity contribution in [3.8, 4) is 0 Å². The van der Waals surface area contributed by atoms with Crippen LogP contribution in [0.15, 0.2) is 18.2 Å². The lowest BCUT2D eigenvalue weighted by Gasteiger charge is -2.03. The molecular weight excluding hydrogens is 234 g/mol. The van der Waals surface area contributed by atoms with Gasteiger partial charge in [0.05, 0.1) is 5.01 Å². The summed E-state index contributed by atoms with van der Waals surface area (Å²) in [6, 6.07) is 5.50. The number of rotatable bonds is 2. The first kappa shape index (κ1) is 11.7. The number of hydrogen-bond acceptors (Lipinski definition) is 4. The van der Waals surface area contributed by atoms with Gasteiger partial charge >= 0.3 is 0 Å². The van der Waals surface area contributed by atoms with E-state index in [-0.39, 0.29) is 5.91 Å². The lowest BCUT2D eigenvalue weighted by Crippen LogP contribution is -2.14. The zero-order valence-electron chi connectivity index (χ0n) is 9.94. The minimum absolute atomic E-state index is 0.204. The van der Waals surface area contributed by atoms with E-state index in [4.69, 9.17) is 0 Å². The fourth-order valence-electron chi connectivity index (χ4n) is 1.53. The van der Waals surface area contributed by atoms with Crippen molar-refractivity contribution in [2.75, 3.05) is 5.32 Å². The number of hydrogen-bond donors (Lipinski definition) is 1. The highest BCUT2D eigenvalue weighted by molar-refractivity contribution is 7.11. The van der Waals surface area contributed by atoms with Crippen molar-refractivity contribution in [2.45, 2.75) is 20.8 Å². The third-order valence-electron chi connectivity index (χ3n) is 2.25. The van der Waals surface area contributed by atoms with Crippen LogP contribution in [0.1, 0.15) is 26.1 Å². The lowest BCUT2D eigenvalue weighted by molar-refractivity contribution is 0.102. The van der Waals surface area contributed by atoms with E-state index < -0.39 is 0 Å². The average Bonchev–Trinajstić information content (AvgIpc) is 2.58. The summed E-state index contributed by atoms with van der Waals surface area (Å²) in [5, 5.41) is 3.64. The van der Waals surface area contributed by atoms with Gasteiger partial charge in [-0.3, -0.25) is 4.79 Å². The van der Waals surface area contributed by atoms with Crippen LogP contribution in [0.5, 0.6) is 0 Å². The summed E-state index contributed by atoms with van der Waals surface area (Å²) in [7, 11) is 0. The van der Waals surface area contributed by atoms with E-state index in [0.29, 0.717) is 11.5 Å². The van der Waals surface area contributed by atoms with E-state index in [1.807, 2.05) is 32.9 Å². The molecular formula is C12H13N3OS. The molecule has 0 aliphatic heterocycles. The third kappa shape index (κ3) is 2.68. The monoisotopic (exact) mass is 247 g/mol. The summed E-state index contributed by atoms with van der Waals surface area (Å²) in [5.41, 5.74) is 1.35. The molecule has 2 aromatic heterocycles. The fraction of sp³-hybridized carbons (Fsp3) is 0.250. The van der Waals surface area contributed by atoms with E-state index in [2.05, 4.69) is 15.3 Å². The van der Waals surface area contributed by atoms with Gasteiger partial charge < -0.3 is 5.32 Å². The topological polar surface area (TPSA) is 54.9 Å². The Morgan fingerprint density at radius 2 is 2.00 bits per heavy atom. The molecule has 0 aliphatic rings. The quantitative estimate of drug-likeness (QED) is 0.887. The van der Waals surface area contributed by atoms with Crippen molar-refractivity contribution in [1.29, 1.82) is 0 Å². The molecule has 0 unspecified atom stereocenters. The van der Waals surface area contributed by atoms with Crippen molar-refractivity contribution in [2.24, 2.45) is 0 Å². The van der Waals surface area contributed by atoms with Gasteiger partial charge in [0.15, 0.2) is 0 Å². The molecule has 0 bridgehead atoms. The Kier molecular flexibility index (Phi) is 3.19. The molecule has 2 aromatic rings. The molecule has 0 aliphatic carbocycles. The Hall–Kier alpha value is -1.75. The van der Waals surface area contributed by atoms with Crippen molar-refractivity contribution >= 4 is 23.1 Å². The number of nitrogens with one attached hydrogen (secondary N) is 1. The number of amides is 1. The predicted octanol–water partition coefficient (Wildman–Crippen LogP) is 2.72. The summed E-state index contributed by atoms with van der Waals surface area (Å²) in [6.45, 7) is 5.66. The van der Waals surface area contributed by atoms with Crippen LogP contribution in [0.2, 0.25) is 0 Å². The Balaban J connectivity index is 2.20. The second-order valence-corrected chi connectivity index (χ2v) is 5.16. The summed E-state index contributed by atoms with van der Waals surface area (Å²) in [6.07, 6.45) is 0. The Morgan fingerprint density at radius 3 is 2.59 bits per heavy atom. The Bertz CT molecular complexity index is 563. The second-order valence-electron chi connectivity index (χ2n) is 3.76. The van der Waals surface area contributed by atoms with Gasteiger partial charge in [0.25, 0.3) is 5.91 Å². The number of aryl methyl sites for hydroxylation is 3. The molecule has 0 fully saturated rings. The number of thiazole rings is 1. The van der Waals surface area contributed by atoms with Gasteiger partial charge in [0.1, 0.15) is 11.5 Å². The second kappa shape index (κ2) is 4.63. The fourth-order valence-corrected chi connectivity index (χ4v) is 2.34. The number of nitrogens with zero attached hydrogens (tertiary/aromatic N) is 2. The van der Waals surface area contributed by atoms with Gasteiger partial charge in [-0.15, -0.1) is 11.3 Å². The van der Waals surface area contributed by atoms with Crippen molar-refractivity contribution < 1.29 is 4.79 Å². The van der Waals surface area contributed by atoms with Crippen LogP contribution in [-0.2, 0) is 0 Å². The molecule has 0 saturated carbocycles. The van der Waals surface area contributed by atoms with Crippen LogP contribution in [0.3, 0.4) is 0 Å². The van der Waals surface area contributed by atoms with Crippen LogP contribution >= 0.6 is 11.3 Å². The maximum absolute atomic E-state index is 12.0. The summed E-state index contributed by atoms with van der Waals surface area (Å²) in [5.74, 6) is 0.352. The molecule has 0 atom stereocenters. The van der Waals surface area contributed by atoms with Gasteiger partial charge in [0, 0.05) is 10.6 Å². The molecule has 1 N–H and O–H groups in total. The molecule has 0 spiro atoms. The van der Waals surface area contributed by atoms with Gasteiger partial charge in [-0.1, -0.05) is 6.07 Å². The first-order valence-electron chi connectivity index (χ1n) is 5.25. The summed E-state index contributed by atoms with van der Waals surface area (Å²) >= 11 is 1.52. The van der Waals surface area contributed by atoms with E-state index in [1.165, 1.54) is 11.3 Å². The zero-order valence-corrected chi connectivity index (χ0v) is 10.8. The molecule has 5 heteroatoms. The number of aromatic nitrogens is 2. The molecule has 4 nitrogen and oxygen atoms in total. The van der Waals surface area contributed by atoms with Gasteiger partial charge in [-0.25, -0.2) is 9.97 Å². The molecule has 0 aromatic carbocycles. The zero-order chi connectivity index (χ0) is 12.4. The largest absolute Gasteiger partial charge is 0.305 e. The van der Waals surface area contributed by atoms with E-state index in [9.17, 15) is 4.79 Å². The van der Waals surface area contributed by atoms with Crippen LogP contribution in [-0.4, -0.2) is 15.9 Å². The van der Waals surface area contributed by atoms with Crippen molar-refractivity contribution in [1.82, 2.24) is 9.97 Å². The molecule has 17 heavy (non-hydrogen) atoms. The molecule has 0 radical (unpaired) electrons. The smallest absolute Gasteiger partial charge is 0.276 e. The Labute approximate surface area is 104 Å². The van der Waals surface area contributed by atoms with Crippen LogP contribution in [0.25, 0.3) is 0 Å². The average molecular weight is 247 g/mol. The number of carbonyl (C=O) groups excluding carboxylic acids is 1. The minimum Gasteiger partial charge on any atom is -0.305 e. The highest BCUT2D eigenvalue weighted by Crippen LogP contribution is 2.17. The standard InChI is InChI=1S/C12H13N3OS/c1-7-5-4-6-10(13-7)15-12(16)11-8(2)17-9(3)14-11/h4-6H,1-3H3,(H,13,15,16). The van der Waals surface area contributed by atoms with Gasteiger partial charge in [-0.05, 0) is 32.9 Å². The SMILES string of the molecule is Cc1cccc(NC(=O)c2nc(C)sc2C)n1. The number of anilines is 1. The lowest BCUT2D eigenvalue weighted by atomic mass is 10.3. The molecule has 88 valence electrons. The normalized spacial score (nSPS) is 10.3. The number of carbonyl (C=O) groups is 1. The van der Waals surface area contributed by atoms with Gasteiger partial charge in [-0.2, -0.15) is 0 Å². The first-order valence-corrected chi connectivity index (χ1v) is 6.07. The summed E-state index contributed by atoms with van der Waals surface area (Å²) in [4.78, 5) is 21.3. The van der Waals surface area contributed by atoms with Gasteiger partial charge in [0.2, 0.25) is 0 Å². The Morgan fingerprint density at radius 1 is 1.24 bits per heavy atom. The molecule has 0 saturated heterocycles. The molecule has 1 amide bonds. The third-order valence-corrected chi connectivity index (χ3v) is 3.13. The highest BCUT2D eigenvalue weighted by Gasteiger charge is 2.14. The predicted molar refractivity (Wildman–Crippen MR) is 68.5 cm³/mol. The molecule has 2 heterocycles. The van der Waals surface area contributed by atoms with E-state index in [0.717, 1.165) is 15.6 Å². The van der Waals surface area contributed by atoms with Crippen molar-refractivity contribution in [3.63, 3.8) is 0 Å². The minimum atomic E-state index is -0.204. The maximum atomic E-state index is 12.0. The van der Waals surface area contributed by atoms with Crippen LogP contribution in [0, 0.1) is 20.8 Å².